The van der Waals surface area contributed by atoms with Crippen molar-refractivity contribution < 1.29 is 9.59 Å². The number of hydrogen-bond donors (Lipinski definition) is 2. The summed E-state index contributed by atoms with van der Waals surface area (Å²) in [7, 11) is 0. The summed E-state index contributed by atoms with van der Waals surface area (Å²) in [5.41, 5.74) is 5.61. The number of anilines is 1. The number of nitrogens with zero attached hydrogens (tertiary/aromatic N) is 1. The minimum Gasteiger partial charge on any atom is -0.326 e. The van der Waals surface area contributed by atoms with Crippen LogP contribution in [0.3, 0.4) is 0 Å². The number of hydrazone groups is 1. The summed E-state index contributed by atoms with van der Waals surface area (Å²) in [6.07, 6.45) is 2.65. The molecule has 5 heteroatoms. The Morgan fingerprint density at radius 1 is 1.00 bits per heavy atom. The third kappa shape index (κ3) is 4.53. The highest BCUT2D eigenvalue weighted by molar-refractivity contribution is 6.02. The van der Waals surface area contributed by atoms with Crippen LogP contribution in [0, 0.1) is 5.92 Å². The number of hydrogen-bond acceptors (Lipinski definition) is 3. The molecule has 1 aliphatic rings. The second-order valence-electron chi connectivity index (χ2n) is 6.06. The first-order valence-corrected chi connectivity index (χ1v) is 8.50. The Morgan fingerprint density at radius 3 is 2.28 bits per heavy atom. The number of nitrogens with one attached hydrogen (secondary N) is 2. The molecule has 0 unspecified atom stereocenters. The van der Waals surface area contributed by atoms with Gasteiger partial charge in [-0.25, -0.2) is 5.43 Å². The second-order valence-corrected chi connectivity index (χ2v) is 6.06. The average molecular weight is 335 g/mol. The molecule has 0 bridgehead atoms. The van der Waals surface area contributed by atoms with Crippen LogP contribution in [0.15, 0.2) is 59.7 Å². The Hall–Kier alpha value is -2.95. The van der Waals surface area contributed by atoms with E-state index >= 15 is 0 Å². The molecule has 1 aliphatic carbocycles. The molecule has 1 fully saturated rings. The maximum atomic E-state index is 12.2. The van der Waals surface area contributed by atoms with Gasteiger partial charge < -0.3 is 5.32 Å². The molecule has 0 aromatic heterocycles. The number of carbonyl (C=O) groups is 2. The summed E-state index contributed by atoms with van der Waals surface area (Å²) in [6, 6.07) is 16.6. The molecule has 2 aromatic rings. The van der Waals surface area contributed by atoms with Crippen molar-refractivity contribution in [1.82, 2.24) is 5.43 Å². The van der Waals surface area contributed by atoms with Crippen molar-refractivity contribution in [2.75, 3.05) is 5.32 Å². The lowest BCUT2D eigenvalue weighted by Gasteiger charge is -2.07. The highest BCUT2D eigenvalue weighted by Gasteiger charge is 2.29. The van der Waals surface area contributed by atoms with Crippen molar-refractivity contribution in [3.63, 3.8) is 0 Å². The van der Waals surface area contributed by atoms with Gasteiger partial charge in [-0.2, -0.15) is 5.10 Å². The summed E-state index contributed by atoms with van der Waals surface area (Å²) in [5.74, 6) is -0.0676. The first-order chi connectivity index (χ1) is 12.2. The first-order valence-electron chi connectivity index (χ1n) is 8.50. The van der Waals surface area contributed by atoms with E-state index in [2.05, 4.69) is 15.8 Å². The van der Waals surface area contributed by atoms with Crippen molar-refractivity contribution in [1.29, 1.82) is 0 Å². The number of amides is 2. The van der Waals surface area contributed by atoms with Gasteiger partial charge in [-0.3, -0.25) is 9.59 Å². The van der Waals surface area contributed by atoms with Gasteiger partial charge in [0.25, 0.3) is 5.91 Å². The minimum atomic E-state index is -0.276. The van der Waals surface area contributed by atoms with E-state index in [1.165, 1.54) is 0 Å². The molecule has 0 aliphatic heterocycles. The largest absolute Gasteiger partial charge is 0.326 e. The fourth-order valence-corrected chi connectivity index (χ4v) is 2.46. The van der Waals surface area contributed by atoms with Crippen LogP contribution < -0.4 is 10.7 Å². The summed E-state index contributed by atoms with van der Waals surface area (Å²) in [4.78, 5) is 24.0. The molecule has 0 saturated heterocycles. The quantitative estimate of drug-likeness (QED) is 0.626. The zero-order chi connectivity index (χ0) is 17.6. The standard InChI is InChI=1S/C20H21N3O2/c1-2-18(14-6-4-3-5-7-14)22-23-20(25)16-10-12-17(13-11-16)21-19(24)15-8-9-15/h3-7,10-13,15H,2,8-9H2,1H3,(H,21,24)(H,23,25)/b22-18+. The fourth-order valence-electron chi connectivity index (χ4n) is 2.46. The summed E-state index contributed by atoms with van der Waals surface area (Å²) in [6.45, 7) is 2.00. The summed E-state index contributed by atoms with van der Waals surface area (Å²) < 4.78 is 0. The Morgan fingerprint density at radius 2 is 1.68 bits per heavy atom. The second kappa shape index (κ2) is 7.75. The van der Waals surface area contributed by atoms with E-state index in [0.717, 1.165) is 30.5 Å². The van der Waals surface area contributed by atoms with Gasteiger partial charge in [0.05, 0.1) is 5.71 Å². The molecular formula is C20H21N3O2. The molecule has 0 atom stereocenters. The van der Waals surface area contributed by atoms with E-state index in [-0.39, 0.29) is 17.7 Å². The van der Waals surface area contributed by atoms with E-state index in [1.807, 2.05) is 37.3 Å². The molecule has 2 aromatic carbocycles. The van der Waals surface area contributed by atoms with Crippen LogP contribution in [0.5, 0.6) is 0 Å². The molecule has 0 radical (unpaired) electrons. The smallest absolute Gasteiger partial charge is 0.271 e. The van der Waals surface area contributed by atoms with Gasteiger partial charge in [-0.05, 0) is 49.1 Å². The maximum Gasteiger partial charge on any atom is 0.271 e. The van der Waals surface area contributed by atoms with E-state index in [1.54, 1.807) is 24.3 Å². The number of carbonyl (C=O) groups excluding carboxylic acids is 2. The zero-order valence-electron chi connectivity index (χ0n) is 14.2. The lowest BCUT2D eigenvalue weighted by atomic mass is 10.1. The number of rotatable bonds is 6. The van der Waals surface area contributed by atoms with Crippen molar-refractivity contribution in [3.05, 3.63) is 65.7 Å². The van der Waals surface area contributed by atoms with Crippen molar-refractivity contribution in [2.45, 2.75) is 26.2 Å². The van der Waals surface area contributed by atoms with Crippen LogP contribution in [0.4, 0.5) is 5.69 Å². The highest BCUT2D eigenvalue weighted by Crippen LogP contribution is 2.30. The van der Waals surface area contributed by atoms with Crippen LogP contribution >= 0.6 is 0 Å². The first kappa shape index (κ1) is 16.9. The van der Waals surface area contributed by atoms with E-state index in [0.29, 0.717) is 11.3 Å². The topological polar surface area (TPSA) is 70.6 Å². The van der Waals surface area contributed by atoms with Crippen LogP contribution in [-0.2, 0) is 4.79 Å². The molecule has 25 heavy (non-hydrogen) atoms. The van der Waals surface area contributed by atoms with Gasteiger partial charge in [0.15, 0.2) is 0 Å². The Kier molecular flexibility index (Phi) is 5.23. The van der Waals surface area contributed by atoms with Gasteiger partial charge in [-0.1, -0.05) is 37.3 Å². The number of benzene rings is 2. The molecule has 128 valence electrons. The predicted molar refractivity (Wildman–Crippen MR) is 98.5 cm³/mol. The van der Waals surface area contributed by atoms with Crippen molar-refractivity contribution >= 4 is 23.2 Å². The monoisotopic (exact) mass is 335 g/mol. The maximum absolute atomic E-state index is 12.2. The molecule has 2 N–H and O–H groups in total. The molecule has 5 nitrogen and oxygen atoms in total. The lowest BCUT2D eigenvalue weighted by molar-refractivity contribution is -0.117. The molecule has 1 saturated carbocycles. The molecule has 2 amide bonds. The minimum absolute atomic E-state index is 0.0530. The third-order valence-corrected chi connectivity index (χ3v) is 4.10. The molecule has 0 spiro atoms. The molecule has 0 heterocycles. The average Bonchev–Trinajstić information content (AvgIpc) is 3.49. The Labute approximate surface area is 147 Å². The van der Waals surface area contributed by atoms with Gasteiger partial charge >= 0.3 is 0 Å². The molecule has 3 rings (SSSR count). The zero-order valence-corrected chi connectivity index (χ0v) is 14.2. The van der Waals surface area contributed by atoms with Crippen LogP contribution in [0.1, 0.15) is 42.1 Å². The van der Waals surface area contributed by atoms with E-state index in [4.69, 9.17) is 0 Å². The van der Waals surface area contributed by atoms with E-state index < -0.39 is 0 Å². The Balaban J connectivity index is 1.62. The summed E-state index contributed by atoms with van der Waals surface area (Å²) >= 11 is 0. The van der Waals surface area contributed by atoms with Crippen molar-refractivity contribution in [3.8, 4) is 0 Å². The third-order valence-electron chi connectivity index (χ3n) is 4.10. The van der Waals surface area contributed by atoms with Crippen LogP contribution in [0.2, 0.25) is 0 Å². The van der Waals surface area contributed by atoms with Gasteiger partial charge in [0.1, 0.15) is 0 Å². The summed E-state index contributed by atoms with van der Waals surface area (Å²) in [5, 5.41) is 7.09. The molecular weight excluding hydrogens is 314 g/mol. The highest BCUT2D eigenvalue weighted by atomic mass is 16.2. The normalized spacial score (nSPS) is 14.0. The fraction of sp³-hybridized carbons (Fsp3) is 0.250. The van der Waals surface area contributed by atoms with Crippen molar-refractivity contribution in [2.24, 2.45) is 11.0 Å². The van der Waals surface area contributed by atoms with Gasteiger partial charge in [-0.15, -0.1) is 0 Å². The van der Waals surface area contributed by atoms with Gasteiger partial charge in [0, 0.05) is 17.2 Å². The predicted octanol–water partition coefficient (Wildman–Crippen LogP) is 3.58. The van der Waals surface area contributed by atoms with Crippen LogP contribution in [0.25, 0.3) is 0 Å². The van der Waals surface area contributed by atoms with E-state index in [9.17, 15) is 9.59 Å². The van der Waals surface area contributed by atoms with Gasteiger partial charge in [0.2, 0.25) is 5.91 Å². The SMILES string of the molecule is CC/C(=N\NC(=O)c1ccc(NC(=O)C2CC2)cc1)c1ccccc1. The van der Waals surface area contributed by atoms with Crippen LogP contribution in [-0.4, -0.2) is 17.5 Å². The lowest BCUT2D eigenvalue weighted by Crippen LogP contribution is -2.20. The Bertz CT molecular complexity index is 778.